The van der Waals surface area contributed by atoms with Gasteiger partial charge in [0.05, 0.1) is 17.1 Å². The van der Waals surface area contributed by atoms with Crippen LogP contribution in [0, 0.1) is 5.92 Å². The van der Waals surface area contributed by atoms with E-state index < -0.39 is 24.7 Å². The lowest BCUT2D eigenvalue weighted by atomic mass is 9.96. The van der Waals surface area contributed by atoms with E-state index in [-0.39, 0.29) is 6.54 Å². The van der Waals surface area contributed by atoms with Gasteiger partial charge in [-0.15, -0.1) is 0 Å². The first-order chi connectivity index (χ1) is 12.3. The smallest absolute Gasteiger partial charge is 0.406 e. The number of rotatable bonds is 5. The number of aromatic nitrogens is 2. The van der Waals surface area contributed by atoms with Crippen LogP contribution in [0.1, 0.15) is 19.3 Å². The van der Waals surface area contributed by atoms with Crippen molar-refractivity contribution in [2.75, 3.05) is 32.8 Å². The predicted molar refractivity (Wildman–Crippen MR) is 90.6 cm³/mol. The lowest BCUT2D eigenvalue weighted by Gasteiger charge is -2.34. The zero-order valence-electron chi connectivity index (χ0n) is 14.1. The number of amides is 1. The maximum absolute atomic E-state index is 12.5. The third-order valence-electron chi connectivity index (χ3n) is 4.77. The summed E-state index contributed by atoms with van der Waals surface area (Å²) in [6.45, 7) is 0.887. The van der Waals surface area contributed by atoms with Crippen LogP contribution in [0.15, 0.2) is 16.9 Å². The molecule has 0 radical (unpaired) electrons. The predicted octanol–water partition coefficient (Wildman–Crippen LogP) is 2.49. The molecule has 144 valence electrons. The summed E-state index contributed by atoms with van der Waals surface area (Å²) in [4.78, 5) is 23.3. The molecule has 10 heteroatoms. The molecule has 1 aromatic heterocycles. The Morgan fingerprint density at radius 2 is 1.81 bits per heavy atom. The van der Waals surface area contributed by atoms with Gasteiger partial charge in [0.25, 0.3) is 0 Å². The molecule has 0 aromatic carbocycles. The first-order valence-electron chi connectivity index (χ1n) is 8.52. The van der Waals surface area contributed by atoms with Gasteiger partial charge in [-0.3, -0.25) is 9.69 Å². The number of halogens is 4. The Morgan fingerprint density at radius 1 is 1.15 bits per heavy atom. The van der Waals surface area contributed by atoms with Crippen LogP contribution in [-0.4, -0.2) is 70.7 Å². The second-order valence-corrected chi connectivity index (χ2v) is 7.57. The third-order valence-corrected chi connectivity index (χ3v) is 5.18. The van der Waals surface area contributed by atoms with Crippen molar-refractivity contribution >= 4 is 21.8 Å². The molecule has 2 aliphatic heterocycles. The van der Waals surface area contributed by atoms with Crippen LogP contribution >= 0.6 is 15.9 Å². The molecule has 3 rings (SSSR count). The number of hydrogen-bond acceptors (Lipinski definition) is 5. The van der Waals surface area contributed by atoms with E-state index in [2.05, 4.69) is 25.9 Å². The molecular formula is C16H20BrF3N4O2. The summed E-state index contributed by atoms with van der Waals surface area (Å²) in [5.74, 6) is -0.0819. The fraction of sp³-hybridized carbons (Fsp3) is 0.688. The van der Waals surface area contributed by atoms with E-state index in [1.165, 1.54) is 0 Å². The van der Waals surface area contributed by atoms with Gasteiger partial charge in [0, 0.05) is 18.9 Å². The average molecular weight is 437 g/mol. The minimum Gasteiger partial charge on any atom is -0.463 e. The molecule has 0 spiro atoms. The van der Waals surface area contributed by atoms with Gasteiger partial charge in [-0.1, -0.05) is 0 Å². The summed E-state index contributed by atoms with van der Waals surface area (Å²) in [6.07, 6.45) is 1.01. The van der Waals surface area contributed by atoms with Crippen molar-refractivity contribution in [3.8, 4) is 6.01 Å². The second kappa shape index (κ2) is 8.08. The normalized spacial score (nSPS) is 22.8. The summed E-state index contributed by atoms with van der Waals surface area (Å²) in [6, 6.07) is -0.0987. The zero-order chi connectivity index (χ0) is 18.7. The van der Waals surface area contributed by atoms with Crippen molar-refractivity contribution in [2.45, 2.75) is 31.5 Å². The molecule has 0 N–H and O–H groups in total. The van der Waals surface area contributed by atoms with Gasteiger partial charge in [-0.2, -0.15) is 13.2 Å². The number of hydrogen-bond donors (Lipinski definition) is 0. The summed E-state index contributed by atoms with van der Waals surface area (Å²) >= 11 is 3.26. The van der Waals surface area contributed by atoms with Crippen LogP contribution in [0.2, 0.25) is 0 Å². The molecule has 2 saturated heterocycles. The number of ether oxygens (including phenoxy) is 1. The number of likely N-dealkylation sites (tertiary alicyclic amines) is 2. The number of piperidine rings is 1. The molecule has 1 atom stereocenters. The topological polar surface area (TPSA) is 58.6 Å². The van der Waals surface area contributed by atoms with E-state index >= 15 is 0 Å². The molecule has 3 heterocycles. The summed E-state index contributed by atoms with van der Waals surface area (Å²) in [5, 5.41) is 0. The zero-order valence-corrected chi connectivity index (χ0v) is 15.7. The van der Waals surface area contributed by atoms with E-state index in [0.29, 0.717) is 38.0 Å². The minimum absolute atomic E-state index is 0.174. The lowest BCUT2D eigenvalue weighted by Crippen LogP contribution is -2.47. The second-order valence-electron chi connectivity index (χ2n) is 6.65. The molecule has 0 aliphatic carbocycles. The minimum atomic E-state index is -4.34. The van der Waals surface area contributed by atoms with Crippen molar-refractivity contribution in [2.24, 2.45) is 5.92 Å². The first-order valence-corrected chi connectivity index (χ1v) is 9.31. The first kappa shape index (κ1) is 19.3. The Labute approximate surface area is 157 Å². The van der Waals surface area contributed by atoms with E-state index in [1.54, 1.807) is 12.4 Å². The van der Waals surface area contributed by atoms with Crippen molar-refractivity contribution in [3.63, 3.8) is 0 Å². The van der Waals surface area contributed by atoms with Gasteiger partial charge in [0.2, 0.25) is 5.91 Å². The van der Waals surface area contributed by atoms with Gasteiger partial charge in [-0.05, 0) is 54.2 Å². The number of nitrogens with zero attached hydrogens (tertiary/aromatic N) is 4. The third kappa shape index (κ3) is 5.06. The molecule has 6 nitrogen and oxygen atoms in total. The van der Waals surface area contributed by atoms with Crippen LogP contribution in [-0.2, 0) is 4.79 Å². The highest BCUT2D eigenvalue weighted by Crippen LogP contribution is 2.27. The van der Waals surface area contributed by atoms with Crippen molar-refractivity contribution in [1.82, 2.24) is 19.8 Å². The highest BCUT2D eigenvalue weighted by molar-refractivity contribution is 9.10. The molecule has 2 aliphatic rings. The number of carbonyl (C=O) groups is 1. The number of carbonyl (C=O) groups excluding carboxylic acids is 1. The van der Waals surface area contributed by atoms with Crippen LogP contribution < -0.4 is 4.74 Å². The molecule has 26 heavy (non-hydrogen) atoms. The summed E-state index contributed by atoms with van der Waals surface area (Å²) in [5.41, 5.74) is 0. The monoisotopic (exact) mass is 436 g/mol. The van der Waals surface area contributed by atoms with Crippen molar-refractivity contribution in [1.29, 1.82) is 0 Å². The Kier molecular flexibility index (Phi) is 6.01. The highest BCUT2D eigenvalue weighted by Gasteiger charge is 2.42. The van der Waals surface area contributed by atoms with Gasteiger partial charge >= 0.3 is 12.2 Å². The molecule has 1 amide bonds. The van der Waals surface area contributed by atoms with E-state index in [1.807, 2.05) is 4.90 Å². The Bertz CT molecular complexity index is 621. The van der Waals surface area contributed by atoms with Crippen molar-refractivity contribution in [3.05, 3.63) is 16.9 Å². The molecule has 1 unspecified atom stereocenters. The quantitative estimate of drug-likeness (QED) is 0.709. The molecular weight excluding hydrogens is 417 g/mol. The van der Waals surface area contributed by atoms with Gasteiger partial charge < -0.3 is 9.64 Å². The maximum Gasteiger partial charge on any atom is 0.406 e. The molecule has 2 fully saturated rings. The van der Waals surface area contributed by atoms with E-state index in [9.17, 15) is 18.0 Å². The summed E-state index contributed by atoms with van der Waals surface area (Å²) in [7, 11) is 0. The summed E-state index contributed by atoms with van der Waals surface area (Å²) < 4.78 is 43.9. The molecule has 1 aromatic rings. The van der Waals surface area contributed by atoms with E-state index in [4.69, 9.17) is 4.74 Å². The van der Waals surface area contributed by atoms with Gasteiger partial charge in [-0.25, -0.2) is 9.97 Å². The van der Waals surface area contributed by atoms with Crippen LogP contribution in [0.3, 0.4) is 0 Å². The lowest BCUT2D eigenvalue weighted by molar-refractivity contribution is -0.159. The van der Waals surface area contributed by atoms with Gasteiger partial charge in [0.15, 0.2) is 0 Å². The van der Waals surface area contributed by atoms with Crippen molar-refractivity contribution < 1.29 is 22.7 Å². The largest absolute Gasteiger partial charge is 0.463 e. The SMILES string of the molecule is O=C1C(N2CCC(COc3ncc(Br)cn3)CC2)CCN1CC(F)(F)F. The van der Waals surface area contributed by atoms with Crippen LogP contribution in [0.5, 0.6) is 6.01 Å². The van der Waals surface area contributed by atoms with Gasteiger partial charge in [0.1, 0.15) is 6.54 Å². The van der Waals surface area contributed by atoms with Crippen LogP contribution in [0.25, 0.3) is 0 Å². The fourth-order valence-electron chi connectivity index (χ4n) is 3.43. The number of alkyl halides is 3. The Morgan fingerprint density at radius 3 is 2.42 bits per heavy atom. The Balaban J connectivity index is 1.43. The van der Waals surface area contributed by atoms with E-state index in [0.717, 1.165) is 22.2 Å². The fourth-order valence-corrected chi connectivity index (χ4v) is 3.64. The molecule has 0 saturated carbocycles. The standard InChI is InChI=1S/C16H20BrF3N4O2/c17-12-7-21-15(22-8-12)26-9-11-1-4-23(5-2-11)13-3-6-24(14(13)25)10-16(18,19)20/h7-8,11,13H,1-6,9-10H2. The average Bonchev–Trinajstić information content (AvgIpc) is 2.94. The Hall–Kier alpha value is -1.42. The molecule has 0 bridgehead atoms. The maximum atomic E-state index is 12.5. The van der Waals surface area contributed by atoms with Crippen LogP contribution in [0.4, 0.5) is 13.2 Å². The highest BCUT2D eigenvalue weighted by atomic mass is 79.9.